The van der Waals surface area contributed by atoms with Crippen molar-refractivity contribution in [3.63, 3.8) is 0 Å². The lowest BCUT2D eigenvalue weighted by molar-refractivity contribution is 0.282. The highest BCUT2D eigenvalue weighted by atomic mass is 35.5. The summed E-state index contributed by atoms with van der Waals surface area (Å²) in [6, 6.07) is 4.40. The van der Waals surface area contributed by atoms with Crippen molar-refractivity contribution >= 4 is 34.7 Å². The van der Waals surface area contributed by atoms with Crippen LogP contribution in [0.25, 0.3) is 0 Å². The topological polar surface area (TPSA) is 15.6 Å². The minimum absolute atomic E-state index is 0.645. The van der Waals surface area contributed by atoms with Crippen LogP contribution in [0, 0.1) is 5.92 Å². The van der Waals surface area contributed by atoms with Crippen LogP contribution in [-0.2, 0) is 6.54 Å². The Morgan fingerprint density at radius 3 is 2.89 bits per heavy atom. The van der Waals surface area contributed by atoms with Crippen LogP contribution >= 0.6 is 23.2 Å². The Labute approximate surface area is 117 Å². The quantitative estimate of drug-likeness (QED) is 0.687. The summed E-state index contributed by atoms with van der Waals surface area (Å²) in [5.41, 5.74) is 2.00. The smallest absolute Gasteiger partial charge is 0.109 e. The van der Waals surface area contributed by atoms with Gasteiger partial charge in [-0.2, -0.15) is 0 Å². The predicted octanol–water partition coefficient (Wildman–Crippen LogP) is 4.41. The molecule has 0 spiro atoms. The van der Waals surface area contributed by atoms with Crippen LogP contribution in [0.2, 0.25) is 10.0 Å². The molecule has 4 rings (SSSR count). The molecule has 2 nitrogen and oxygen atoms in total. The minimum Gasteiger partial charge on any atom is -0.352 e. The highest BCUT2D eigenvalue weighted by Gasteiger charge is 2.42. The molecule has 0 radical (unpaired) electrons. The summed E-state index contributed by atoms with van der Waals surface area (Å²) in [6.45, 7) is 0.884. The number of amidine groups is 1. The lowest BCUT2D eigenvalue weighted by Crippen LogP contribution is -2.34. The fourth-order valence-corrected chi connectivity index (χ4v) is 4.04. The molecule has 4 heteroatoms. The maximum atomic E-state index is 6.29. The van der Waals surface area contributed by atoms with Gasteiger partial charge < -0.3 is 4.90 Å². The maximum absolute atomic E-state index is 6.29. The van der Waals surface area contributed by atoms with Gasteiger partial charge in [0.25, 0.3) is 0 Å². The molecule has 0 aromatic heterocycles. The number of hydrogen-bond donors (Lipinski definition) is 0. The van der Waals surface area contributed by atoms with Gasteiger partial charge in [0.1, 0.15) is 5.84 Å². The summed E-state index contributed by atoms with van der Waals surface area (Å²) < 4.78 is 0. The number of benzene rings is 1. The summed E-state index contributed by atoms with van der Waals surface area (Å²) in [4.78, 5) is 7.30. The fraction of sp³-hybridized carbons (Fsp3) is 0.500. The van der Waals surface area contributed by atoms with E-state index in [0.717, 1.165) is 27.8 Å². The number of fused-ring (bicyclic) bond motifs is 6. The summed E-state index contributed by atoms with van der Waals surface area (Å²) in [6.07, 6.45) is 5.16. The molecule has 1 aliphatic carbocycles. The molecular weight excluding hydrogens is 267 g/mol. The normalized spacial score (nSPS) is 28.8. The van der Waals surface area contributed by atoms with Crippen molar-refractivity contribution in [2.75, 3.05) is 0 Å². The van der Waals surface area contributed by atoms with Gasteiger partial charge in [-0.1, -0.05) is 29.6 Å². The molecule has 3 aliphatic rings. The van der Waals surface area contributed by atoms with Crippen molar-refractivity contribution in [3.05, 3.63) is 27.7 Å². The van der Waals surface area contributed by atoms with E-state index < -0.39 is 0 Å². The molecule has 2 fully saturated rings. The SMILES string of the molecule is Clc1ccc(Cl)c2c1CN1C(=N2)C2CCCC1C2. The molecule has 0 N–H and O–H groups in total. The number of aliphatic imine (C=N–C) groups is 1. The monoisotopic (exact) mass is 280 g/mol. The third-order valence-corrected chi connectivity index (χ3v) is 5.14. The van der Waals surface area contributed by atoms with Crippen LogP contribution in [0.1, 0.15) is 31.2 Å². The number of halogens is 2. The standard InChI is InChI=1S/C14H14Cl2N2/c15-11-4-5-12(16)13-10(11)7-18-9-3-1-2-8(6-9)14(18)17-13/h4-5,8-9H,1-3,6-7H2. The summed E-state index contributed by atoms with van der Waals surface area (Å²) in [5, 5.41) is 1.52. The molecule has 2 atom stereocenters. The Bertz CT molecular complexity index is 553. The van der Waals surface area contributed by atoms with Crippen LogP contribution in [0.15, 0.2) is 17.1 Å². The van der Waals surface area contributed by atoms with Crippen molar-refractivity contribution in [3.8, 4) is 0 Å². The van der Waals surface area contributed by atoms with Crippen molar-refractivity contribution in [2.24, 2.45) is 10.9 Å². The van der Waals surface area contributed by atoms with Crippen LogP contribution < -0.4 is 0 Å². The molecule has 2 unspecified atom stereocenters. The van der Waals surface area contributed by atoms with Gasteiger partial charge in [0, 0.05) is 29.1 Å². The largest absolute Gasteiger partial charge is 0.352 e. The summed E-state index contributed by atoms with van der Waals surface area (Å²) >= 11 is 12.6. The lowest BCUT2D eigenvalue weighted by atomic mass is 9.90. The van der Waals surface area contributed by atoms with Crippen molar-refractivity contribution in [1.29, 1.82) is 0 Å². The number of nitrogens with zero attached hydrogens (tertiary/aromatic N) is 2. The van der Waals surface area contributed by atoms with Crippen molar-refractivity contribution < 1.29 is 0 Å². The van der Waals surface area contributed by atoms with E-state index in [1.54, 1.807) is 0 Å². The first kappa shape index (κ1) is 11.1. The molecule has 94 valence electrons. The van der Waals surface area contributed by atoms with Gasteiger partial charge in [-0.3, -0.25) is 0 Å². The Balaban J connectivity index is 1.88. The van der Waals surface area contributed by atoms with E-state index in [1.165, 1.54) is 31.5 Å². The van der Waals surface area contributed by atoms with E-state index in [4.69, 9.17) is 28.2 Å². The highest BCUT2D eigenvalue weighted by Crippen LogP contribution is 2.45. The molecule has 2 bridgehead atoms. The third kappa shape index (κ3) is 1.45. The zero-order chi connectivity index (χ0) is 12.3. The van der Waals surface area contributed by atoms with Gasteiger partial charge in [0.05, 0.1) is 10.7 Å². The predicted molar refractivity (Wildman–Crippen MR) is 74.8 cm³/mol. The van der Waals surface area contributed by atoms with E-state index >= 15 is 0 Å². The molecule has 1 saturated heterocycles. The van der Waals surface area contributed by atoms with E-state index in [0.29, 0.717) is 12.0 Å². The minimum atomic E-state index is 0.645. The van der Waals surface area contributed by atoms with Gasteiger partial charge in [-0.05, 0) is 31.4 Å². The van der Waals surface area contributed by atoms with Crippen molar-refractivity contribution in [1.82, 2.24) is 4.90 Å². The second kappa shape index (κ2) is 3.88. The first-order valence-electron chi connectivity index (χ1n) is 6.56. The zero-order valence-electron chi connectivity index (χ0n) is 10.00. The first-order valence-corrected chi connectivity index (χ1v) is 7.32. The van der Waals surface area contributed by atoms with E-state index in [-0.39, 0.29) is 0 Å². The molecule has 18 heavy (non-hydrogen) atoms. The molecule has 2 aliphatic heterocycles. The average Bonchev–Trinajstić information content (AvgIpc) is 2.64. The van der Waals surface area contributed by atoms with Gasteiger partial charge in [-0.25, -0.2) is 4.99 Å². The van der Waals surface area contributed by atoms with E-state index in [9.17, 15) is 0 Å². The first-order chi connectivity index (χ1) is 8.74. The van der Waals surface area contributed by atoms with Gasteiger partial charge in [-0.15, -0.1) is 0 Å². The number of rotatable bonds is 0. The Morgan fingerprint density at radius 2 is 2.00 bits per heavy atom. The van der Waals surface area contributed by atoms with Crippen molar-refractivity contribution in [2.45, 2.75) is 38.3 Å². The summed E-state index contributed by atoms with van der Waals surface area (Å²) in [5.74, 6) is 1.90. The number of hydrogen-bond acceptors (Lipinski definition) is 2. The average molecular weight is 281 g/mol. The van der Waals surface area contributed by atoms with Gasteiger partial charge in [0.2, 0.25) is 0 Å². The van der Waals surface area contributed by atoms with E-state index in [2.05, 4.69) is 4.90 Å². The van der Waals surface area contributed by atoms with Crippen LogP contribution in [0.3, 0.4) is 0 Å². The Morgan fingerprint density at radius 1 is 1.17 bits per heavy atom. The zero-order valence-corrected chi connectivity index (χ0v) is 11.5. The second-order valence-electron chi connectivity index (χ2n) is 5.47. The maximum Gasteiger partial charge on any atom is 0.109 e. The second-order valence-corrected chi connectivity index (χ2v) is 6.29. The highest BCUT2D eigenvalue weighted by molar-refractivity contribution is 6.36. The molecule has 1 aromatic rings. The molecule has 1 saturated carbocycles. The third-order valence-electron chi connectivity index (χ3n) is 4.48. The van der Waals surface area contributed by atoms with Gasteiger partial charge >= 0.3 is 0 Å². The molecule has 1 aromatic carbocycles. The van der Waals surface area contributed by atoms with Gasteiger partial charge in [0.15, 0.2) is 0 Å². The molecule has 2 heterocycles. The lowest BCUT2D eigenvalue weighted by Gasteiger charge is -2.30. The van der Waals surface area contributed by atoms with E-state index in [1.807, 2.05) is 12.1 Å². The molecule has 0 amide bonds. The Hall–Kier alpha value is -0.730. The van der Waals surface area contributed by atoms with Crippen LogP contribution in [0.4, 0.5) is 5.69 Å². The summed E-state index contributed by atoms with van der Waals surface area (Å²) in [7, 11) is 0. The Kier molecular flexibility index (Phi) is 2.40. The molecular formula is C14H14Cl2N2. The fourth-order valence-electron chi connectivity index (χ4n) is 3.61. The van der Waals surface area contributed by atoms with Crippen LogP contribution in [-0.4, -0.2) is 16.8 Å². The van der Waals surface area contributed by atoms with Crippen LogP contribution in [0.5, 0.6) is 0 Å².